The molecule has 1 aliphatic carbocycles. The number of aromatic nitrogens is 1. The lowest BCUT2D eigenvalue weighted by atomic mass is 10.0. The summed E-state index contributed by atoms with van der Waals surface area (Å²) < 4.78 is 1.05. The van der Waals surface area contributed by atoms with Gasteiger partial charge in [-0.2, -0.15) is 0 Å². The number of carbonyl (C=O) groups is 1. The van der Waals surface area contributed by atoms with E-state index in [1.165, 1.54) is 0 Å². The van der Waals surface area contributed by atoms with Gasteiger partial charge in [0, 0.05) is 22.4 Å². The van der Waals surface area contributed by atoms with Gasteiger partial charge in [0.25, 0.3) is 5.91 Å². The molecule has 0 saturated heterocycles. The largest absolute Gasteiger partial charge is 0.365 e. The third kappa shape index (κ3) is 3.85. The summed E-state index contributed by atoms with van der Waals surface area (Å²) in [4.78, 5) is 21.4. The van der Waals surface area contributed by atoms with E-state index in [1.54, 1.807) is 16.8 Å². The van der Waals surface area contributed by atoms with Gasteiger partial charge in [-0.1, -0.05) is 5.57 Å². The summed E-state index contributed by atoms with van der Waals surface area (Å²) in [5.41, 5.74) is 5.94. The van der Waals surface area contributed by atoms with Crippen LogP contribution in [0, 0.1) is 0 Å². The molecule has 0 bridgehead atoms. The van der Waals surface area contributed by atoms with Crippen molar-refractivity contribution in [3.05, 3.63) is 46.2 Å². The normalized spacial score (nSPS) is 15.8. The Balaban J connectivity index is 1.87. The van der Waals surface area contributed by atoms with Crippen LogP contribution >= 0.6 is 11.3 Å². The van der Waals surface area contributed by atoms with Crippen LogP contribution in [0.1, 0.15) is 40.5 Å². The van der Waals surface area contributed by atoms with Crippen molar-refractivity contribution in [3.8, 4) is 0 Å². The third-order valence-corrected chi connectivity index (χ3v) is 5.42. The topological polar surface area (TPSA) is 66.4 Å². The van der Waals surface area contributed by atoms with Crippen LogP contribution in [-0.2, 0) is 4.79 Å². The van der Waals surface area contributed by atoms with Crippen molar-refractivity contribution in [1.29, 1.82) is 0 Å². The first-order chi connectivity index (χ1) is 12.3. The quantitative estimate of drug-likeness (QED) is 0.443. The lowest BCUT2D eigenvalue weighted by molar-refractivity contribution is -0.112. The van der Waals surface area contributed by atoms with Crippen LogP contribution < -0.4 is 10.6 Å². The molecule has 2 aromatic rings. The highest BCUT2D eigenvalue weighted by molar-refractivity contribution is 7.16. The van der Waals surface area contributed by atoms with Gasteiger partial charge in [-0.15, -0.1) is 11.3 Å². The van der Waals surface area contributed by atoms with Gasteiger partial charge in [0.15, 0.2) is 0 Å². The highest BCUT2D eigenvalue weighted by Crippen LogP contribution is 2.36. The van der Waals surface area contributed by atoms with Gasteiger partial charge < -0.3 is 10.6 Å². The van der Waals surface area contributed by atoms with E-state index in [4.69, 9.17) is 0 Å². The van der Waals surface area contributed by atoms with Crippen molar-refractivity contribution < 1.29 is 4.79 Å². The van der Waals surface area contributed by atoms with Crippen LogP contribution in [0.2, 0.25) is 0 Å². The molecule has 1 aliphatic rings. The molecule has 5 nitrogen and oxygen atoms in total. The predicted molar refractivity (Wildman–Crippen MR) is 110 cm³/mol. The Labute approximate surface area is 157 Å². The molecule has 1 amide bonds. The summed E-state index contributed by atoms with van der Waals surface area (Å²) >= 11 is 1.55. The molecule has 3 rings (SSSR count). The average molecular weight is 369 g/mol. The molecule has 2 N–H and O–H groups in total. The fraction of sp³-hybridized carbons (Fsp3) is 0.350. The first kappa shape index (κ1) is 18.3. The number of hydrogen-bond donors (Lipinski definition) is 2. The maximum Gasteiger partial charge on any atom is 0.255 e. The number of nitrogens with one attached hydrogen (secondary N) is 2. The molecular formula is C20H24N4OS. The third-order valence-electron chi connectivity index (χ3n) is 4.62. The van der Waals surface area contributed by atoms with E-state index in [0.717, 1.165) is 39.9 Å². The van der Waals surface area contributed by atoms with Gasteiger partial charge in [0.1, 0.15) is 5.82 Å². The summed E-state index contributed by atoms with van der Waals surface area (Å²) in [5, 5.41) is 6.42. The monoisotopic (exact) mass is 368 g/mol. The number of allylic oxidation sites excluding steroid dienone is 1. The lowest BCUT2D eigenvalue weighted by Gasteiger charge is -2.18. The highest BCUT2D eigenvalue weighted by Gasteiger charge is 2.38. The SMILES string of the molecule is C=N/C(NC1(C)CC1)=C(\C)C(C(=O)Nc1ccc2ncsc2c1)=C(C)C. The maximum atomic E-state index is 13.0. The molecule has 0 aliphatic heterocycles. The number of fused-ring (bicyclic) bond motifs is 1. The molecule has 1 aromatic heterocycles. The van der Waals surface area contributed by atoms with E-state index in [1.807, 2.05) is 39.0 Å². The van der Waals surface area contributed by atoms with Crippen molar-refractivity contribution in [2.45, 2.75) is 46.1 Å². The minimum absolute atomic E-state index is 0.0677. The molecule has 0 spiro atoms. The van der Waals surface area contributed by atoms with Crippen molar-refractivity contribution in [3.63, 3.8) is 0 Å². The van der Waals surface area contributed by atoms with E-state index in [9.17, 15) is 4.79 Å². The lowest BCUT2D eigenvalue weighted by Crippen LogP contribution is -2.28. The molecule has 26 heavy (non-hydrogen) atoms. The number of carbonyl (C=O) groups excluding carboxylic acids is 1. The zero-order chi connectivity index (χ0) is 18.9. The number of rotatable bonds is 6. The van der Waals surface area contributed by atoms with Crippen LogP contribution in [0.4, 0.5) is 5.69 Å². The first-order valence-electron chi connectivity index (χ1n) is 8.61. The van der Waals surface area contributed by atoms with E-state index in [0.29, 0.717) is 11.4 Å². The smallest absolute Gasteiger partial charge is 0.255 e. The van der Waals surface area contributed by atoms with E-state index in [2.05, 4.69) is 34.3 Å². The standard InChI is InChI=1S/C20H24N4OS/c1-12(2)17(13(3)18(21-5)24-20(4)8-9-20)19(25)23-14-6-7-15-16(10-14)26-11-22-15/h6-7,10-11,24H,5,8-9H2,1-4H3,(H,23,25)/b18-13-. The highest BCUT2D eigenvalue weighted by atomic mass is 32.1. The molecular weight excluding hydrogens is 344 g/mol. The second-order valence-corrected chi connectivity index (χ2v) is 8.07. The van der Waals surface area contributed by atoms with Crippen LogP contribution in [0.25, 0.3) is 10.2 Å². The minimum Gasteiger partial charge on any atom is -0.365 e. The van der Waals surface area contributed by atoms with Crippen LogP contribution in [0.5, 0.6) is 0 Å². The van der Waals surface area contributed by atoms with Gasteiger partial charge >= 0.3 is 0 Å². The molecule has 6 heteroatoms. The van der Waals surface area contributed by atoms with Gasteiger partial charge in [-0.3, -0.25) is 4.79 Å². The zero-order valence-electron chi connectivity index (χ0n) is 15.6. The van der Waals surface area contributed by atoms with Gasteiger partial charge in [-0.25, -0.2) is 9.98 Å². The fourth-order valence-corrected chi connectivity index (χ4v) is 3.58. The Hall–Kier alpha value is -2.47. The van der Waals surface area contributed by atoms with Gasteiger partial charge in [0.2, 0.25) is 0 Å². The number of aliphatic imine (C=N–C) groups is 1. The predicted octanol–water partition coefficient (Wildman–Crippen LogP) is 4.65. The van der Waals surface area contributed by atoms with E-state index >= 15 is 0 Å². The molecule has 0 atom stereocenters. The summed E-state index contributed by atoms with van der Waals surface area (Å²) in [5.74, 6) is 0.532. The molecule has 1 saturated carbocycles. The van der Waals surface area contributed by atoms with Crippen molar-refractivity contribution in [2.75, 3.05) is 5.32 Å². The maximum absolute atomic E-state index is 13.0. The second-order valence-electron chi connectivity index (χ2n) is 7.18. The van der Waals surface area contributed by atoms with Crippen LogP contribution in [0.15, 0.2) is 51.2 Å². The molecule has 1 aromatic carbocycles. The Morgan fingerprint density at radius 3 is 2.65 bits per heavy atom. The second kappa shape index (κ2) is 7.03. The molecule has 0 unspecified atom stereocenters. The number of benzene rings is 1. The molecule has 1 heterocycles. The van der Waals surface area contributed by atoms with Crippen LogP contribution in [-0.4, -0.2) is 23.1 Å². The molecule has 0 radical (unpaired) electrons. The number of thiazole rings is 1. The summed E-state index contributed by atoms with van der Waals surface area (Å²) in [7, 11) is 0. The number of nitrogens with zero attached hydrogens (tertiary/aromatic N) is 2. The van der Waals surface area contributed by atoms with E-state index in [-0.39, 0.29) is 11.4 Å². The first-order valence-corrected chi connectivity index (χ1v) is 9.49. The Bertz CT molecular complexity index is 930. The van der Waals surface area contributed by atoms with Gasteiger partial charge in [-0.05, 0) is 65.5 Å². The average Bonchev–Trinajstić information content (AvgIpc) is 3.13. The molecule has 136 valence electrons. The Morgan fingerprint density at radius 1 is 1.31 bits per heavy atom. The zero-order valence-corrected chi connectivity index (χ0v) is 16.5. The summed E-state index contributed by atoms with van der Waals surface area (Å²) in [6.45, 7) is 11.6. The van der Waals surface area contributed by atoms with Crippen molar-refractivity contribution in [1.82, 2.24) is 10.3 Å². The summed E-state index contributed by atoms with van der Waals surface area (Å²) in [6, 6.07) is 5.74. The molecule has 1 fully saturated rings. The van der Waals surface area contributed by atoms with Crippen molar-refractivity contribution >= 4 is 39.9 Å². The number of anilines is 1. The summed E-state index contributed by atoms with van der Waals surface area (Å²) in [6.07, 6.45) is 2.20. The van der Waals surface area contributed by atoms with Crippen LogP contribution in [0.3, 0.4) is 0 Å². The fourth-order valence-electron chi connectivity index (χ4n) is 2.87. The Kier molecular flexibility index (Phi) is 4.96. The van der Waals surface area contributed by atoms with Crippen molar-refractivity contribution in [2.24, 2.45) is 4.99 Å². The Morgan fingerprint density at radius 2 is 2.04 bits per heavy atom. The van der Waals surface area contributed by atoms with E-state index < -0.39 is 0 Å². The minimum atomic E-state index is -0.143. The number of amides is 1. The van der Waals surface area contributed by atoms with Gasteiger partial charge in [0.05, 0.1) is 15.7 Å². The number of hydrogen-bond acceptors (Lipinski definition) is 5.